The van der Waals surface area contributed by atoms with Gasteiger partial charge in [-0.1, -0.05) is 42.1 Å². The van der Waals surface area contributed by atoms with Gasteiger partial charge in [-0.25, -0.2) is 0 Å². The zero-order chi connectivity index (χ0) is 21.3. The minimum atomic E-state index is -0.351. The second kappa shape index (κ2) is 8.33. The van der Waals surface area contributed by atoms with Crippen LogP contribution in [0, 0.1) is 18.3 Å². The standard InChI is InChI=1S/C23H23N3O3S/c1-15-7-4-5-9-19(15)25-13-26-21(27)11-17(18(12-24)23(26)30-14-25)16-8-6-10-20(28-2)22(16)29-3/h4-10,17H,11,13-14H2,1-3H3/t17-/m0/s1. The fourth-order valence-corrected chi connectivity index (χ4v) is 5.24. The average molecular weight is 422 g/mol. The number of nitrogens with zero attached hydrogens (tertiary/aromatic N) is 3. The molecule has 1 amide bonds. The van der Waals surface area contributed by atoms with Crippen LogP contribution in [0.3, 0.4) is 0 Å². The van der Waals surface area contributed by atoms with Gasteiger partial charge in [-0.2, -0.15) is 5.26 Å². The van der Waals surface area contributed by atoms with Crippen molar-refractivity contribution in [2.75, 3.05) is 31.7 Å². The normalized spacial score (nSPS) is 18.7. The molecule has 4 rings (SSSR count). The highest BCUT2D eigenvalue weighted by Gasteiger charge is 2.39. The Kier molecular flexibility index (Phi) is 5.60. The zero-order valence-corrected chi connectivity index (χ0v) is 18.0. The number of thioether (sulfide) groups is 1. The largest absolute Gasteiger partial charge is 0.493 e. The van der Waals surface area contributed by atoms with Crippen molar-refractivity contribution in [3.8, 4) is 17.6 Å². The number of rotatable bonds is 4. The van der Waals surface area contributed by atoms with Crippen LogP contribution in [-0.2, 0) is 4.79 Å². The lowest BCUT2D eigenvalue weighted by Gasteiger charge is -2.42. The summed E-state index contributed by atoms with van der Waals surface area (Å²) in [5, 5.41) is 10.8. The number of ether oxygens (including phenoxy) is 2. The number of carbonyl (C=O) groups is 1. The van der Waals surface area contributed by atoms with Crippen molar-refractivity contribution in [2.24, 2.45) is 0 Å². The van der Waals surface area contributed by atoms with E-state index < -0.39 is 0 Å². The Bertz CT molecular complexity index is 1060. The van der Waals surface area contributed by atoms with Crippen molar-refractivity contribution < 1.29 is 14.3 Å². The number of methoxy groups -OCH3 is 2. The first-order valence-corrected chi connectivity index (χ1v) is 10.7. The Balaban J connectivity index is 1.72. The highest BCUT2D eigenvalue weighted by Crippen LogP contribution is 2.47. The SMILES string of the molecule is COc1cccc([C@@H]2CC(=O)N3CN(c4ccccc4C)CSC3=C2C#N)c1OC. The zero-order valence-electron chi connectivity index (χ0n) is 17.2. The van der Waals surface area contributed by atoms with Crippen LogP contribution in [0.4, 0.5) is 5.69 Å². The van der Waals surface area contributed by atoms with Crippen molar-refractivity contribution in [1.82, 2.24) is 4.90 Å². The molecular formula is C23H23N3O3S. The molecule has 0 aromatic heterocycles. The molecule has 1 atom stereocenters. The smallest absolute Gasteiger partial charge is 0.229 e. The van der Waals surface area contributed by atoms with Crippen LogP contribution in [0.15, 0.2) is 53.1 Å². The number of para-hydroxylation sites is 2. The summed E-state index contributed by atoms with van der Waals surface area (Å²) in [5.41, 5.74) is 3.67. The number of benzene rings is 2. The van der Waals surface area contributed by atoms with Gasteiger partial charge in [0.25, 0.3) is 0 Å². The van der Waals surface area contributed by atoms with E-state index in [1.165, 1.54) is 11.8 Å². The summed E-state index contributed by atoms with van der Waals surface area (Å²) in [6, 6.07) is 16.1. The first kappa shape index (κ1) is 20.2. The summed E-state index contributed by atoms with van der Waals surface area (Å²) < 4.78 is 11.0. The summed E-state index contributed by atoms with van der Waals surface area (Å²) >= 11 is 1.53. The van der Waals surface area contributed by atoms with Crippen LogP contribution in [0.25, 0.3) is 0 Å². The third-order valence-corrected chi connectivity index (χ3v) is 6.71. The molecule has 0 spiro atoms. The van der Waals surface area contributed by atoms with E-state index in [1.54, 1.807) is 19.1 Å². The van der Waals surface area contributed by atoms with Gasteiger partial charge in [-0.3, -0.25) is 9.69 Å². The van der Waals surface area contributed by atoms with E-state index in [2.05, 4.69) is 30.0 Å². The minimum absolute atomic E-state index is 0.00431. The average Bonchev–Trinajstić information content (AvgIpc) is 2.78. The fraction of sp³-hybridized carbons (Fsp3) is 0.304. The minimum Gasteiger partial charge on any atom is -0.493 e. The predicted octanol–water partition coefficient (Wildman–Crippen LogP) is 4.23. The molecule has 0 saturated carbocycles. The quantitative estimate of drug-likeness (QED) is 0.736. The van der Waals surface area contributed by atoms with Crippen molar-refractivity contribution in [2.45, 2.75) is 19.3 Å². The third-order valence-electron chi connectivity index (χ3n) is 5.56. The first-order valence-electron chi connectivity index (χ1n) is 9.68. The van der Waals surface area contributed by atoms with E-state index in [9.17, 15) is 10.1 Å². The second-order valence-corrected chi connectivity index (χ2v) is 8.17. The second-order valence-electron chi connectivity index (χ2n) is 7.23. The molecule has 2 aromatic rings. The molecule has 2 aliphatic rings. The number of nitriles is 1. The number of allylic oxidation sites excluding steroid dienone is 1. The van der Waals surface area contributed by atoms with Gasteiger partial charge in [0.2, 0.25) is 5.91 Å². The summed E-state index contributed by atoms with van der Waals surface area (Å²) in [6.07, 6.45) is 0.220. The maximum absolute atomic E-state index is 13.2. The molecule has 2 aliphatic heterocycles. The third kappa shape index (κ3) is 3.37. The van der Waals surface area contributed by atoms with E-state index in [1.807, 2.05) is 30.3 Å². The summed E-state index contributed by atoms with van der Waals surface area (Å²) in [7, 11) is 3.16. The fourth-order valence-electron chi connectivity index (χ4n) is 4.09. The molecule has 2 aromatic carbocycles. The number of fused-ring (bicyclic) bond motifs is 1. The highest BCUT2D eigenvalue weighted by molar-refractivity contribution is 8.03. The lowest BCUT2D eigenvalue weighted by Crippen LogP contribution is -2.47. The Hall–Kier alpha value is -3.11. The lowest BCUT2D eigenvalue weighted by atomic mass is 9.85. The maximum Gasteiger partial charge on any atom is 0.229 e. The molecular weight excluding hydrogens is 398 g/mol. The van der Waals surface area contributed by atoms with Gasteiger partial charge in [0.15, 0.2) is 11.5 Å². The van der Waals surface area contributed by atoms with E-state index >= 15 is 0 Å². The van der Waals surface area contributed by atoms with Crippen LogP contribution < -0.4 is 14.4 Å². The van der Waals surface area contributed by atoms with Gasteiger partial charge in [0.1, 0.15) is 0 Å². The molecule has 30 heavy (non-hydrogen) atoms. The molecule has 1 fully saturated rings. The first-order chi connectivity index (χ1) is 14.6. The van der Waals surface area contributed by atoms with Gasteiger partial charge in [-0.15, -0.1) is 0 Å². The van der Waals surface area contributed by atoms with Gasteiger partial charge in [-0.05, 0) is 24.6 Å². The molecule has 0 radical (unpaired) electrons. The molecule has 0 bridgehead atoms. The van der Waals surface area contributed by atoms with E-state index in [0.29, 0.717) is 29.6 Å². The Morgan fingerprint density at radius 1 is 1.13 bits per heavy atom. The number of anilines is 1. The Morgan fingerprint density at radius 3 is 2.63 bits per heavy atom. The van der Waals surface area contributed by atoms with Gasteiger partial charge in [0.05, 0.1) is 43.4 Å². The number of amides is 1. The van der Waals surface area contributed by atoms with E-state index in [0.717, 1.165) is 21.8 Å². The predicted molar refractivity (Wildman–Crippen MR) is 117 cm³/mol. The molecule has 0 N–H and O–H groups in total. The number of aryl methyl sites for hydroxylation is 1. The molecule has 1 saturated heterocycles. The van der Waals surface area contributed by atoms with E-state index in [-0.39, 0.29) is 18.2 Å². The van der Waals surface area contributed by atoms with E-state index in [4.69, 9.17) is 9.47 Å². The Labute approximate surface area is 180 Å². The molecule has 0 unspecified atom stereocenters. The van der Waals surface area contributed by atoms with Crippen LogP contribution in [0.2, 0.25) is 0 Å². The molecule has 6 nitrogen and oxygen atoms in total. The van der Waals surface area contributed by atoms with Crippen LogP contribution in [0.5, 0.6) is 11.5 Å². The maximum atomic E-state index is 13.2. The summed E-state index contributed by atoms with van der Waals surface area (Å²) in [6.45, 7) is 2.51. The lowest BCUT2D eigenvalue weighted by molar-refractivity contribution is -0.129. The Morgan fingerprint density at radius 2 is 1.93 bits per heavy atom. The van der Waals surface area contributed by atoms with Crippen LogP contribution in [0.1, 0.15) is 23.5 Å². The van der Waals surface area contributed by atoms with Crippen molar-refractivity contribution >= 4 is 23.4 Å². The molecule has 2 heterocycles. The highest BCUT2D eigenvalue weighted by atomic mass is 32.2. The summed E-state index contributed by atoms with van der Waals surface area (Å²) in [5.74, 6) is 1.49. The van der Waals surface area contributed by atoms with Crippen LogP contribution >= 0.6 is 11.8 Å². The van der Waals surface area contributed by atoms with Gasteiger partial charge >= 0.3 is 0 Å². The molecule has 7 heteroatoms. The molecule has 154 valence electrons. The van der Waals surface area contributed by atoms with Crippen molar-refractivity contribution in [3.05, 3.63) is 64.2 Å². The topological polar surface area (TPSA) is 65.8 Å². The van der Waals surface area contributed by atoms with Crippen LogP contribution in [-0.4, -0.2) is 37.6 Å². The summed E-state index contributed by atoms with van der Waals surface area (Å²) in [4.78, 5) is 17.1. The molecule has 0 aliphatic carbocycles. The van der Waals surface area contributed by atoms with Crippen molar-refractivity contribution in [3.63, 3.8) is 0 Å². The van der Waals surface area contributed by atoms with Gasteiger partial charge in [0, 0.05) is 23.6 Å². The number of hydrogen-bond donors (Lipinski definition) is 0. The number of hydrogen-bond acceptors (Lipinski definition) is 6. The number of carbonyl (C=O) groups excluding carboxylic acids is 1. The van der Waals surface area contributed by atoms with Gasteiger partial charge < -0.3 is 14.4 Å². The van der Waals surface area contributed by atoms with Crippen molar-refractivity contribution in [1.29, 1.82) is 5.26 Å². The monoisotopic (exact) mass is 421 g/mol.